The molecule has 3 heteroatoms. The van der Waals surface area contributed by atoms with E-state index < -0.39 is 0 Å². The number of hydrogen-bond acceptors (Lipinski definition) is 3. The molecule has 0 saturated heterocycles. The molecule has 1 saturated carbocycles. The van der Waals surface area contributed by atoms with E-state index in [0.29, 0.717) is 17.3 Å². The Hall–Kier alpha value is -1.25. The molecule has 0 spiro atoms. The predicted molar refractivity (Wildman–Crippen MR) is 54.5 cm³/mol. The summed E-state index contributed by atoms with van der Waals surface area (Å²) in [5, 5.41) is 3.39. The fraction of sp³-hybridized carbons (Fsp3) is 0.500. The van der Waals surface area contributed by atoms with Gasteiger partial charge >= 0.3 is 0 Å². The molecule has 0 amide bonds. The molecule has 1 atom stereocenters. The summed E-state index contributed by atoms with van der Waals surface area (Å²) < 4.78 is 0. The average Bonchev–Trinajstić information content (AvgIpc) is 2.64. The summed E-state index contributed by atoms with van der Waals surface area (Å²) in [6, 6.07) is 4.42. The van der Waals surface area contributed by atoms with E-state index in [1.807, 2.05) is 12.1 Å². The van der Waals surface area contributed by atoms with E-state index in [9.17, 15) is 0 Å². The zero-order valence-electron chi connectivity index (χ0n) is 8.04. The maximum atomic E-state index is 5.71. The highest BCUT2D eigenvalue weighted by molar-refractivity contribution is 5.62. The molecule has 1 aromatic heterocycles. The molecule has 1 aliphatic carbocycles. The summed E-state index contributed by atoms with van der Waals surface area (Å²) in [6.45, 7) is 4.49. The molecule has 70 valence electrons. The summed E-state index contributed by atoms with van der Waals surface area (Å²) in [7, 11) is 0. The van der Waals surface area contributed by atoms with Crippen LogP contribution in [0.5, 0.6) is 0 Å². The van der Waals surface area contributed by atoms with Crippen LogP contribution in [-0.2, 0) is 0 Å². The van der Waals surface area contributed by atoms with Gasteiger partial charge in [0.15, 0.2) is 0 Å². The number of hydrogen-bond donors (Lipinski definition) is 2. The Morgan fingerprint density at radius 2 is 2.31 bits per heavy atom. The van der Waals surface area contributed by atoms with Crippen molar-refractivity contribution in [3.05, 3.63) is 18.3 Å². The first-order valence-electron chi connectivity index (χ1n) is 4.56. The van der Waals surface area contributed by atoms with Gasteiger partial charge in [-0.2, -0.15) is 0 Å². The van der Waals surface area contributed by atoms with Crippen molar-refractivity contribution in [2.45, 2.75) is 26.3 Å². The molecule has 0 aliphatic heterocycles. The third-order valence-corrected chi connectivity index (χ3v) is 2.68. The van der Waals surface area contributed by atoms with Gasteiger partial charge in [-0.3, -0.25) is 0 Å². The van der Waals surface area contributed by atoms with Crippen LogP contribution in [-0.4, -0.2) is 11.0 Å². The Kier molecular flexibility index (Phi) is 1.68. The van der Waals surface area contributed by atoms with E-state index in [-0.39, 0.29) is 0 Å². The molecule has 13 heavy (non-hydrogen) atoms. The van der Waals surface area contributed by atoms with Gasteiger partial charge in [-0.05, 0) is 24.0 Å². The van der Waals surface area contributed by atoms with Crippen molar-refractivity contribution in [1.29, 1.82) is 0 Å². The van der Waals surface area contributed by atoms with Crippen molar-refractivity contribution in [3.8, 4) is 0 Å². The number of anilines is 2. The molecule has 3 N–H and O–H groups in total. The van der Waals surface area contributed by atoms with E-state index in [2.05, 4.69) is 24.1 Å². The molecule has 2 rings (SSSR count). The van der Waals surface area contributed by atoms with Gasteiger partial charge in [0.25, 0.3) is 0 Å². The van der Waals surface area contributed by atoms with Crippen molar-refractivity contribution in [2.75, 3.05) is 11.1 Å². The van der Waals surface area contributed by atoms with Crippen molar-refractivity contribution in [3.63, 3.8) is 0 Å². The Morgan fingerprint density at radius 3 is 2.85 bits per heavy atom. The first kappa shape index (κ1) is 8.35. The second-order valence-corrected chi connectivity index (χ2v) is 4.33. The van der Waals surface area contributed by atoms with Gasteiger partial charge in [-0.25, -0.2) is 4.98 Å². The van der Waals surface area contributed by atoms with Crippen LogP contribution in [0.25, 0.3) is 0 Å². The predicted octanol–water partition coefficient (Wildman–Crippen LogP) is 1.87. The van der Waals surface area contributed by atoms with Crippen LogP contribution in [0.1, 0.15) is 20.3 Å². The van der Waals surface area contributed by atoms with Crippen LogP contribution in [0.4, 0.5) is 11.5 Å². The average molecular weight is 177 g/mol. The molecular weight excluding hydrogens is 162 g/mol. The molecule has 0 bridgehead atoms. The summed E-state index contributed by atoms with van der Waals surface area (Å²) >= 11 is 0. The summed E-state index contributed by atoms with van der Waals surface area (Å²) in [6.07, 6.45) is 2.92. The SMILES string of the molecule is CC1(C)CC1Nc1cccnc1N. The fourth-order valence-corrected chi connectivity index (χ4v) is 1.44. The van der Waals surface area contributed by atoms with E-state index in [4.69, 9.17) is 5.73 Å². The minimum absolute atomic E-state index is 0.419. The smallest absolute Gasteiger partial charge is 0.146 e. The number of nitrogen functional groups attached to an aromatic ring is 1. The lowest BCUT2D eigenvalue weighted by atomic mass is 10.2. The van der Waals surface area contributed by atoms with Crippen LogP contribution in [0.2, 0.25) is 0 Å². The van der Waals surface area contributed by atoms with Crippen LogP contribution in [0.3, 0.4) is 0 Å². The van der Waals surface area contributed by atoms with E-state index in [0.717, 1.165) is 5.69 Å². The quantitative estimate of drug-likeness (QED) is 0.725. The van der Waals surface area contributed by atoms with E-state index >= 15 is 0 Å². The highest BCUT2D eigenvalue weighted by Gasteiger charge is 2.45. The number of nitrogens with two attached hydrogens (primary N) is 1. The van der Waals surface area contributed by atoms with Crippen LogP contribution in [0.15, 0.2) is 18.3 Å². The lowest BCUT2D eigenvalue weighted by Gasteiger charge is -2.09. The molecule has 1 heterocycles. The Labute approximate surface area is 78.4 Å². The van der Waals surface area contributed by atoms with Gasteiger partial charge in [0.1, 0.15) is 5.82 Å². The van der Waals surface area contributed by atoms with Crippen LogP contribution < -0.4 is 11.1 Å². The normalized spacial score (nSPS) is 24.0. The largest absolute Gasteiger partial charge is 0.382 e. The van der Waals surface area contributed by atoms with Crippen molar-refractivity contribution in [1.82, 2.24) is 4.98 Å². The lowest BCUT2D eigenvalue weighted by Crippen LogP contribution is -2.10. The summed E-state index contributed by atoms with van der Waals surface area (Å²) in [5.74, 6) is 0.588. The Morgan fingerprint density at radius 1 is 1.62 bits per heavy atom. The molecule has 0 aromatic carbocycles. The van der Waals surface area contributed by atoms with Gasteiger partial charge in [0.05, 0.1) is 5.69 Å². The molecule has 3 nitrogen and oxygen atoms in total. The first-order valence-corrected chi connectivity index (χ1v) is 4.56. The van der Waals surface area contributed by atoms with Crippen molar-refractivity contribution >= 4 is 11.5 Å². The number of aromatic nitrogens is 1. The molecule has 1 aromatic rings. The molecule has 1 unspecified atom stereocenters. The summed E-state index contributed by atoms with van der Waals surface area (Å²) in [5.41, 5.74) is 7.09. The van der Waals surface area contributed by atoms with Gasteiger partial charge in [0, 0.05) is 12.2 Å². The Bertz CT molecular complexity index is 320. The third-order valence-electron chi connectivity index (χ3n) is 2.68. The maximum absolute atomic E-state index is 5.71. The number of rotatable bonds is 2. The zero-order chi connectivity index (χ0) is 9.47. The molecule has 1 aliphatic rings. The summed E-state index contributed by atoms with van der Waals surface area (Å²) in [4.78, 5) is 4.02. The second-order valence-electron chi connectivity index (χ2n) is 4.33. The first-order chi connectivity index (χ1) is 6.09. The van der Waals surface area contributed by atoms with Gasteiger partial charge < -0.3 is 11.1 Å². The third kappa shape index (κ3) is 1.59. The minimum Gasteiger partial charge on any atom is -0.382 e. The Balaban J connectivity index is 2.07. The van der Waals surface area contributed by atoms with Crippen LogP contribution >= 0.6 is 0 Å². The highest BCUT2D eigenvalue weighted by Crippen LogP contribution is 2.46. The minimum atomic E-state index is 0.419. The lowest BCUT2D eigenvalue weighted by molar-refractivity contribution is 0.630. The number of nitrogens with one attached hydrogen (secondary N) is 1. The fourth-order valence-electron chi connectivity index (χ4n) is 1.44. The highest BCUT2D eigenvalue weighted by atomic mass is 15.0. The van der Waals surface area contributed by atoms with Gasteiger partial charge in [-0.1, -0.05) is 13.8 Å². The van der Waals surface area contributed by atoms with Crippen molar-refractivity contribution < 1.29 is 0 Å². The van der Waals surface area contributed by atoms with Crippen molar-refractivity contribution in [2.24, 2.45) is 5.41 Å². The monoisotopic (exact) mass is 177 g/mol. The maximum Gasteiger partial charge on any atom is 0.146 e. The van der Waals surface area contributed by atoms with E-state index in [1.54, 1.807) is 6.20 Å². The zero-order valence-corrected chi connectivity index (χ0v) is 8.04. The van der Waals surface area contributed by atoms with Gasteiger partial charge in [0.2, 0.25) is 0 Å². The topological polar surface area (TPSA) is 50.9 Å². The molecular formula is C10H15N3. The molecule has 0 radical (unpaired) electrons. The second kappa shape index (κ2) is 2.62. The standard InChI is InChI=1S/C10H15N3/c1-10(2)6-8(10)13-7-4-3-5-12-9(7)11/h3-5,8,13H,6H2,1-2H3,(H2,11,12). The van der Waals surface area contributed by atoms with Crippen LogP contribution in [0, 0.1) is 5.41 Å². The van der Waals surface area contributed by atoms with Gasteiger partial charge in [-0.15, -0.1) is 0 Å². The number of pyridine rings is 1. The van der Waals surface area contributed by atoms with E-state index in [1.165, 1.54) is 6.42 Å². The number of nitrogens with zero attached hydrogens (tertiary/aromatic N) is 1. The molecule has 1 fully saturated rings.